The van der Waals surface area contributed by atoms with Gasteiger partial charge in [-0.1, -0.05) is 26.7 Å². The number of hydrogen-bond acceptors (Lipinski definition) is 1. The van der Waals surface area contributed by atoms with Crippen molar-refractivity contribution in [2.75, 3.05) is 0 Å². The molecule has 14 heavy (non-hydrogen) atoms. The van der Waals surface area contributed by atoms with Gasteiger partial charge in [0.2, 0.25) is 0 Å². The second kappa shape index (κ2) is 4.86. The first-order valence-corrected chi connectivity index (χ1v) is 5.89. The second-order valence-electron chi connectivity index (χ2n) is 5.45. The first-order chi connectivity index (χ1) is 6.51. The Labute approximate surface area is 88.2 Å². The Morgan fingerprint density at radius 1 is 1.00 bits per heavy atom. The molecule has 1 aliphatic rings. The highest BCUT2D eigenvalue weighted by Gasteiger charge is 2.19. The molecule has 1 heteroatoms. The molecule has 0 unspecified atom stereocenters. The van der Waals surface area contributed by atoms with E-state index >= 15 is 0 Å². The van der Waals surface area contributed by atoms with Crippen LogP contribution in [0.2, 0.25) is 0 Å². The van der Waals surface area contributed by atoms with Crippen LogP contribution in [0.5, 0.6) is 0 Å². The first kappa shape index (κ1) is 11.6. The number of hydrogen-bond donors (Lipinski definition) is 1. The van der Waals surface area contributed by atoms with Crippen LogP contribution in [0.3, 0.4) is 0 Å². The lowest BCUT2D eigenvalue weighted by molar-refractivity contribution is 0.264. The van der Waals surface area contributed by atoms with Gasteiger partial charge in [-0.05, 0) is 43.6 Å². The van der Waals surface area contributed by atoms with Crippen molar-refractivity contribution in [2.24, 2.45) is 5.41 Å². The number of aliphatic hydroxyl groups is 1. The molecule has 0 spiro atoms. The van der Waals surface area contributed by atoms with Gasteiger partial charge < -0.3 is 5.11 Å². The fourth-order valence-corrected chi connectivity index (χ4v) is 2.11. The smallest absolute Gasteiger partial charge is 0.0911 e. The summed E-state index contributed by atoms with van der Waals surface area (Å²) < 4.78 is 0. The Bertz CT molecular complexity index is 213. The van der Waals surface area contributed by atoms with E-state index in [0.717, 1.165) is 19.3 Å². The molecule has 0 aliphatic heterocycles. The lowest BCUT2D eigenvalue weighted by Crippen LogP contribution is -2.12. The van der Waals surface area contributed by atoms with Crippen LogP contribution >= 0.6 is 0 Å². The quantitative estimate of drug-likeness (QED) is 0.601. The van der Waals surface area contributed by atoms with Gasteiger partial charge in [-0.2, -0.15) is 0 Å². The maximum Gasteiger partial charge on any atom is 0.0911 e. The third-order valence-electron chi connectivity index (χ3n) is 3.44. The highest BCUT2D eigenvalue weighted by atomic mass is 16.3. The monoisotopic (exact) mass is 196 g/mol. The molecule has 82 valence electrons. The zero-order chi connectivity index (χ0) is 10.6. The minimum absolute atomic E-state index is 0.408. The minimum atomic E-state index is 0.408. The van der Waals surface area contributed by atoms with Gasteiger partial charge in [0, 0.05) is 6.42 Å². The molecule has 1 N–H and O–H groups in total. The van der Waals surface area contributed by atoms with E-state index in [1.807, 2.05) is 0 Å². The van der Waals surface area contributed by atoms with Crippen molar-refractivity contribution >= 4 is 0 Å². The molecule has 1 rings (SSSR count). The summed E-state index contributed by atoms with van der Waals surface area (Å²) in [7, 11) is 0. The molecule has 0 aromatic rings. The largest absolute Gasteiger partial charge is 0.512 e. The maximum absolute atomic E-state index is 9.81. The zero-order valence-corrected chi connectivity index (χ0v) is 9.90. The summed E-state index contributed by atoms with van der Waals surface area (Å²) in [6.07, 6.45) is 8.29. The normalized spacial score (nSPS) is 24.8. The molecule has 1 nitrogen and oxygen atoms in total. The van der Waals surface area contributed by atoms with E-state index in [2.05, 4.69) is 20.8 Å². The molecule has 0 fully saturated rings. The average Bonchev–Trinajstić information content (AvgIpc) is 2.12. The molecular formula is C13H24O. The van der Waals surface area contributed by atoms with E-state index < -0.39 is 0 Å². The predicted molar refractivity (Wildman–Crippen MR) is 61.4 cm³/mol. The van der Waals surface area contributed by atoms with Crippen molar-refractivity contribution in [1.29, 1.82) is 0 Å². The third kappa shape index (κ3) is 3.73. The van der Waals surface area contributed by atoms with Crippen LogP contribution in [-0.2, 0) is 0 Å². The van der Waals surface area contributed by atoms with Crippen LogP contribution < -0.4 is 0 Å². The van der Waals surface area contributed by atoms with Crippen LogP contribution in [0.1, 0.15) is 65.7 Å². The molecular weight excluding hydrogens is 172 g/mol. The van der Waals surface area contributed by atoms with Gasteiger partial charge in [0.1, 0.15) is 0 Å². The van der Waals surface area contributed by atoms with Gasteiger partial charge in [0.25, 0.3) is 0 Å². The van der Waals surface area contributed by atoms with Crippen molar-refractivity contribution in [2.45, 2.75) is 65.7 Å². The molecule has 0 bridgehead atoms. The molecule has 0 atom stereocenters. The van der Waals surface area contributed by atoms with Crippen molar-refractivity contribution in [3.63, 3.8) is 0 Å². The second-order valence-corrected chi connectivity index (χ2v) is 5.45. The summed E-state index contributed by atoms with van der Waals surface area (Å²) in [4.78, 5) is 0. The fraction of sp³-hybridized carbons (Fsp3) is 0.846. The van der Waals surface area contributed by atoms with E-state index in [4.69, 9.17) is 0 Å². The van der Waals surface area contributed by atoms with Crippen LogP contribution in [0, 0.1) is 5.41 Å². The Morgan fingerprint density at radius 3 is 2.43 bits per heavy atom. The van der Waals surface area contributed by atoms with Gasteiger partial charge in [0.05, 0.1) is 5.76 Å². The molecule has 0 saturated heterocycles. The number of allylic oxidation sites excluding steroid dienone is 2. The Kier molecular flexibility index (Phi) is 4.03. The van der Waals surface area contributed by atoms with Crippen LogP contribution in [0.15, 0.2) is 11.3 Å². The van der Waals surface area contributed by atoms with E-state index in [-0.39, 0.29) is 0 Å². The zero-order valence-electron chi connectivity index (χ0n) is 9.90. The van der Waals surface area contributed by atoms with Gasteiger partial charge >= 0.3 is 0 Å². The van der Waals surface area contributed by atoms with Gasteiger partial charge in [-0.3, -0.25) is 0 Å². The van der Waals surface area contributed by atoms with E-state index in [1.54, 1.807) is 0 Å². The van der Waals surface area contributed by atoms with E-state index in [0.29, 0.717) is 11.2 Å². The fourth-order valence-electron chi connectivity index (χ4n) is 2.11. The Hall–Kier alpha value is -0.460. The Morgan fingerprint density at radius 2 is 1.71 bits per heavy atom. The molecule has 0 aromatic heterocycles. The standard InChI is InChI=1S/C13H24O/c1-11-7-5-4-6-9-13(2,3)10-8-12(11)14/h14H,4-10H2,1-3H3. The summed E-state index contributed by atoms with van der Waals surface area (Å²) in [5.74, 6) is 0.653. The predicted octanol–water partition coefficient (Wildman–Crippen LogP) is 4.59. The average molecular weight is 196 g/mol. The van der Waals surface area contributed by atoms with E-state index in [1.165, 1.54) is 31.3 Å². The van der Waals surface area contributed by atoms with Crippen molar-refractivity contribution in [3.8, 4) is 0 Å². The third-order valence-corrected chi connectivity index (χ3v) is 3.44. The number of rotatable bonds is 0. The number of aliphatic hydroxyl groups excluding tert-OH is 1. The van der Waals surface area contributed by atoms with Gasteiger partial charge in [-0.25, -0.2) is 0 Å². The van der Waals surface area contributed by atoms with Gasteiger partial charge in [-0.15, -0.1) is 0 Å². The summed E-state index contributed by atoms with van der Waals surface area (Å²) in [6.45, 7) is 6.71. The highest BCUT2D eigenvalue weighted by molar-refractivity contribution is 5.05. The molecule has 0 saturated carbocycles. The summed E-state index contributed by atoms with van der Waals surface area (Å²) in [5, 5.41) is 9.81. The highest BCUT2D eigenvalue weighted by Crippen LogP contribution is 2.32. The minimum Gasteiger partial charge on any atom is -0.512 e. The van der Waals surface area contributed by atoms with Crippen LogP contribution in [-0.4, -0.2) is 5.11 Å². The maximum atomic E-state index is 9.81. The van der Waals surface area contributed by atoms with Crippen molar-refractivity contribution in [3.05, 3.63) is 11.3 Å². The Balaban J connectivity index is 2.62. The lowest BCUT2D eigenvalue weighted by atomic mass is 9.81. The van der Waals surface area contributed by atoms with Crippen LogP contribution in [0.25, 0.3) is 0 Å². The molecule has 1 aliphatic carbocycles. The van der Waals surface area contributed by atoms with Crippen molar-refractivity contribution in [1.82, 2.24) is 0 Å². The molecule has 0 aromatic carbocycles. The molecule has 0 heterocycles. The molecule has 0 radical (unpaired) electrons. The summed E-state index contributed by atoms with van der Waals surface area (Å²) >= 11 is 0. The van der Waals surface area contributed by atoms with Gasteiger partial charge in [0.15, 0.2) is 0 Å². The SMILES string of the molecule is CC1=C(O)CCC(C)(C)CCCCC1. The lowest BCUT2D eigenvalue weighted by Gasteiger charge is -2.25. The topological polar surface area (TPSA) is 20.2 Å². The first-order valence-electron chi connectivity index (χ1n) is 5.89. The van der Waals surface area contributed by atoms with Crippen molar-refractivity contribution < 1.29 is 5.11 Å². The molecule has 0 amide bonds. The van der Waals surface area contributed by atoms with E-state index in [9.17, 15) is 5.11 Å². The van der Waals surface area contributed by atoms with Crippen LogP contribution in [0.4, 0.5) is 0 Å². The summed E-state index contributed by atoms with van der Waals surface area (Å²) in [5.41, 5.74) is 1.62. The summed E-state index contributed by atoms with van der Waals surface area (Å²) in [6, 6.07) is 0.